The molecule has 1 atom stereocenters. The fraction of sp³-hybridized carbons (Fsp3) is 0.158. The van der Waals surface area contributed by atoms with E-state index in [9.17, 15) is 14.3 Å². The van der Waals surface area contributed by atoms with Crippen LogP contribution in [0.15, 0.2) is 60.8 Å². The van der Waals surface area contributed by atoms with Crippen LogP contribution in [0.25, 0.3) is 11.3 Å². The number of halogens is 1. The molecular weight excluding hydrogens is 321 g/mol. The van der Waals surface area contributed by atoms with E-state index >= 15 is 0 Å². The number of carbonyl (C=O) groups excluding carboxylic acids is 1. The Morgan fingerprint density at radius 3 is 2.56 bits per heavy atom. The SMILES string of the molecule is CC(O)(CNC(=O)c1cn[nH]c1-c1ccccc1)c1ccc(F)cc1. The van der Waals surface area contributed by atoms with Crippen LogP contribution >= 0.6 is 0 Å². The third-order valence-corrected chi connectivity index (χ3v) is 4.01. The van der Waals surface area contributed by atoms with Crippen LogP contribution < -0.4 is 5.32 Å². The number of aromatic nitrogens is 2. The van der Waals surface area contributed by atoms with Crippen molar-refractivity contribution in [1.29, 1.82) is 0 Å². The Kier molecular flexibility index (Phi) is 4.63. The number of H-pyrrole nitrogens is 1. The van der Waals surface area contributed by atoms with Gasteiger partial charge in [0.05, 0.1) is 24.0 Å². The number of amides is 1. The van der Waals surface area contributed by atoms with Crippen LogP contribution in [-0.4, -0.2) is 27.8 Å². The average molecular weight is 339 g/mol. The molecular formula is C19H18FN3O2. The molecule has 0 aliphatic rings. The highest BCUT2D eigenvalue weighted by Gasteiger charge is 2.25. The molecule has 0 spiro atoms. The second-order valence-electron chi connectivity index (χ2n) is 5.99. The van der Waals surface area contributed by atoms with Gasteiger partial charge in [0.2, 0.25) is 0 Å². The summed E-state index contributed by atoms with van der Waals surface area (Å²) in [4.78, 5) is 12.5. The Labute approximate surface area is 144 Å². The van der Waals surface area contributed by atoms with E-state index < -0.39 is 5.60 Å². The van der Waals surface area contributed by atoms with Gasteiger partial charge in [-0.05, 0) is 24.6 Å². The molecule has 1 heterocycles. The van der Waals surface area contributed by atoms with Crippen molar-refractivity contribution in [3.63, 3.8) is 0 Å². The fourth-order valence-corrected chi connectivity index (χ4v) is 2.54. The first-order chi connectivity index (χ1) is 12.0. The first-order valence-electron chi connectivity index (χ1n) is 7.83. The topological polar surface area (TPSA) is 78.0 Å². The molecule has 1 amide bonds. The minimum Gasteiger partial charge on any atom is -0.384 e. The molecule has 0 radical (unpaired) electrons. The number of hydrogen-bond acceptors (Lipinski definition) is 3. The largest absolute Gasteiger partial charge is 0.384 e. The van der Waals surface area contributed by atoms with Gasteiger partial charge in [-0.2, -0.15) is 5.10 Å². The summed E-state index contributed by atoms with van der Waals surface area (Å²) in [5, 5.41) is 20.0. The van der Waals surface area contributed by atoms with E-state index in [1.165, 1.54) is 30.5 Å². The third-order valence-electron chi connectivity index (χ3n) is 4.01. The van der Waals surface area contributed by atoms with Crippen molar-refractivity contribution >= 4 is 5.91 Å². The highest BCUT2D eigenvalue weighted by atomic mass is 19.1. The summed E-state index contributed by atoms with van der Waals surface area (Å²) in [5.41, 5.74) is 1.04. The minimum atomic E-state index is -1.32. The Morgan fingerprint density at radius 2 is 1.88 bits per heavy atom. The van der Waals surface area contributed by atoms with Crippen molar-refractivity contribution in [2.24, 2.45) is 0 Å². The second-order valence-corrected chi connectivity index (χ2v) is 5.99. The first kappa shape index (κ1) is 16.9. The monoisotopic (exact) mass is 339 g/mol. The molecule has 3 N–H and O–H groups in total. The summed E-state index contributed by atoms with van der Waals surface area (Å²) in [5.74, 6) is -0.732. The van der Waals surface area contributed by atoms with Crippen LogP contribution in [0.4, 0.5) is 4.39 Å². The summed E-state index contributed by atoms with van der Waals surface area (Å²) in [7, 11) is 0. The van der Waals surface area contributed by atoms with Gasteiger partial charge in [0.25, 0.3) is 5.91 Å². The lowest BCUT2D eigenvalue weighted by molar-refractivity contribution is 0.0526. The molecule has 25 heavy (non-hydrogen) atoms. The van der Waals surface area contributed by atoms with E-state index in [2.05, 4.69) is 15.5 Å². The third kappa shape index (κ3) is 3.75. The van der Waals surface area contributed by atoms with E-state index in [1.807, 2.05) is 30.3 Å². The summed E-state index contributed by atoms with van der Waals surface area (Å²) >= 11 is 0. The molecule has 1 aromatic heterocycles. The molecule has 0 bridgehead atoms. The molecule has 5 nitrogen and oxygen atoms in total. The van der Waals surface area contributed by atoms with Gasteiger partial charge in [-0.3, -0.25) is 9.89 Å². The van der Waals surface area contributed by atoms with Crippen molar-refractivity contribution in [2.75, 3.05) is 6.54 Å². The van der Waals surface area contributed by atoms with Gasteiger partial charge in [0.1, 0.15) is 11.4 Å². The van der Waals surface area contributed by atoms with Crippen LogP contribution in [0.1, 0.15) is 22.8 Å². The Bertz CT molecular complexity index is 858. The standard InChI is InChI=1S/C19H18FN3O2/c1-19(25,14-7-9-15(20)10-8-14)12-21-18(24)16-11-22-23-17(16)13-5-3-2-4-6-13/h2-11,25H,12H2,1H3,(H,21,24)(H,22,23). The number of carbonyl (C=O) groups is 1. The number of aromatic amines is 1. The smallest absolute Gasteiger partial charge is 0.255 e. The minimum absolute atomic E-state index is 0.0170. The molecule has 6 heteroatoms. The van der Waals surface area contributed by atoms with Crippen molar-refractivity contribution in [1.82, 2.24) is 15.5 Å². The molecule has 1 unspecified atom stereocenters. The van der Waals surface area contributed by atoms with Gasteiger partial charge in [-0.25, -0.2) is 4.39 Å². The molecule has 0 saturated heterocycles. The summed E-state index contributed by atoms with van der Waals surface area (Å²) < 4.78 is 13.0. The second kappa shape index (κ2) is 6.86. The van der Waals surface area contributed by atoms with Gasteiger partial charge < -0.3 is 10.4 Å². The maximum atomic E-state index is 13.0. The van der Waals surface area contributed by atoms with Gasteiger partial charge in [-0.1, -0.05) is 42.5 Å². The van der Waals surface area contributed by atoms with E-state index in [4.69, 9.17) is 0 Å². The van der Waals surface area contributed by atoms with E-state index in [0.717, 1.165) is 5.56 Å². The van der Waals surface area contributed by atoms with E-state index in [1.54, 1.807) is 6.92 Å². The zero-order valence-corrected chi connectivity index (χ0v) is 13.7. The first-order valence-corrected chi connectivity index (χ1v) is 7.83. The molecule has 0 aliphatic carbocycles. The quantitative estimate of drug-likeness (QED) is 0.669. The highest BCUT2D eigenvalue weighted by molar-refractivity contribution is 5.99. The maximum Gasteiger partial charge on any atom is 0.255 e. The highest BCUT2D eigenvalue weighted by Crippen LogP contribution is 2.22. The molecule has 3 rings (SSSR count). The van der Waals surface area contributed by atoms with Crippen molar-refractivity contribution in [3.05, 3.63) is 77.7 Å². The van der Waals surface area contributed by atoms with Crippen molar-refractivity contribution < 1.29 is 14.3 Å². The molecule has 2 aromatic carbocycles. The number of benzene rings is 2. The van der Waals surface area contributed by atoms with E-state index in [0.29, 0.717) is 16.8 Å². The molecule has 0 fully saturated rings. The Balaban J connectivity index is 1.73. The average Bonchev–Trinajstić information content (AvgIpc) is 3.11. The molecule has 0 saturated carbocycles. The predicted molar refractivity (Wildman–Crippen MR) is 92.3 cm³/mol. The van der Waals surface area contributed by atoms with Gasteiger partial charge in [0, 0.05) is 5.56 Å². The summed E-state index contributed by atoms with van der Waals surface area (Å²) in [6.45, 7) is 1.55. The molecule has 128 valence electrons. The van der Waals surface area contributed by atoms with Crippen LogP contribution in [0.3, 0.4) is 0 Å². The Morgan fingerprint density at radius 1 is 1.20 bits per heavy atom. The molecule has 3 aromatic rings. The summed E-state index contributed by atoms with van der Waals surface area (Å²) in [6, 6.07) is 14.9. The lowest BCUT2D eigenvalue weighted by Crippen LogP contribution is -2.38. The molecule has 0 aliphatic heterocycles. The van der Waals surface area contributed by atoms with Gasteiger partial charge in [0.15, 0.2) is 0 Å². The zero-order valence-electron chi connectivity index (χ0n) is 13.7. The summed E-state index contributed by atoms with van der Waals surface area (Å²) in [6.07, 6.45) is 1.45. The Hall–Kier alpha value is -2.99. The van der Waals surface area contributed by atoms with Gasteiger partial charge in [-0.15, -0.1) is 0 Å². The van der Waals surface area contributed by atoms with Gasteiger partial charge >= 0.3 is 0 Å². The lowest BCUT2D eigenvalue weighted by atomic mass is 9.96. The van der Waals surface area contributed by atoms with Crippen molar-refractivity contribution in [2.45, 2.75) is 12.5 Å². The van der Waals surface area contributed by atoms with E-state index in [-0.39, 0.29) is 18.3 Å². The number of nitrogens with zero attached hydrogens (tertiary/aromatic N) is 1. The lowest BCUT2D eigenvalue weighted by Gasteiger charge is -2.24. The van der Waals surface area contributed by atoms with Crippen molar-refractivity contribution in [3.8, 4) is 11.3 Å². The maximum absolute atomic E-state index is 13.0. The zero-order chi connectivity index (χ0) is 17.9. The number of aliphatic hydroxyl groups is 1. The van der Waals surface area contributed by atoms with Crippen LogP contribution in [-0.2, 0) is 5.60 Å². The predicted octanol–water partition coefficient (Wildman–Crippen LogP) is 2.85. The van der Waals surface area contributed by atoms with Crippen LogP contribution in [0.2, 0.25) is 0 Å². The fourth-order valence-electron chi connectivity index (χ4n) is 2.54. The van der Waals surface area contributed by atoms with Crippen LogP contribution in [0.5, 0.6) is 0 Å². The normalized spacial score (nSPS) is 13.2. The number of nitrogens with one attached hydrogen (secondary N) is 2. The number of hydrogen-bond donors (Lipinski definition) is 3. The van der Waals surface area contributed by atoms with Crippen LogP contribution in [0, 0.1) is 5.82 Å². The number of rotatable bonds is 5.